The molecule has 1 N–H and O–H groups in total. The summed E-state index contributed by atoms with van der Waals surface area (Å²) in [6.07, 6.45) is 0. The average molecular weight is 301 g/mol. The van der Waals surface area contributed by atoms with Gasteiger partial charge in [0.1, 0.15) is 17.6 Å². The quantitative estimate of drug-likeness (QED) is 0.884. The Morgan fingerprint density at radius 3 is 2.62 bits per heavy atom. The largest absolute Gasteiger partial charge is 0.454 e. The molecular formula is C17H17ClN2O. The standard InChI is InChI=1S/C17H17ClN2O/c1-12(2)20-11-13-7-8-16(14(9-13)10-19)21-17-6-4-3-5-15(17)18/h3-9,12,20H,11H2,1-2H3. The van der Waals surface area contributed by atoms with E-state index in [4.69, 9.17) is 16.3 Å². The highest BCUT2D eigenvalue weighted by molar-refractivity contribution is 6.32. The van der Waals surface area contributed by atoms with Crippen molar-refractivity contribution < 1.29 is 4.74 Å². The molecule has 108 valence electrons. The van der Waals surface area contributed by atoms with Crippen molar-refractivity contribution in [3.63, 3.8) is 0 Å². The number of halogens is 1. The van der Waals surface area contributed by atoms with Crippen molar-refractivity contribution in [2.24, 2.45) is 0 Å². The maximum Gasteiger partial charge on any atom is 0.146 e. The van der Waals surface area contributed by atoms with Gasteiger partial charge in [0.2, 0.25) is 0 Å². The average Bonchev–Trinajstić information content (AvgIpc) is 2.48. The lowest BCUT2D eigenvalue weighted by atomic mass is 10.1. The number of nitrogens with one attached hydrogen (secondary N) is 1. The van der Waals surface area contributed by atoms with Crippen LogP contribution in [0.3, 0.4) is 0 Å². The van der Waals surface area contributed by atoms with Crippen LogP contribution in [0, 0.1) is 11.3 Å². The molecule has 0 aliphatic heterocycles. The Balaban J connectivity index is 2.21. The minimum Gasteiger partial charge on any atom is -0.454 e. The van der Waals surface area contributed by atoms with Gasteiger partial charge in [0.05, 0.1) is 10.6 Å². The molecule has 0 saturated carbocycles. The van der Waals surface area contributed by atoms with Gasteiger partial charge in [-0.15, -0.1) is 0 Å². The highest BCUT2D eigenvalue weighted by Crippen LogP contribution is 2.31. The molecule has 0 aromatic heterocycles. The monoisotopic (exact) mass is 300 g/mol. The Morgan fingerprint density at radius 1 is 1.19 bits per heavy atom. The van der Waals surface area contributed by atoms with E-state index in [0.29, 0.717) is 28.1 Å². The van der Waals surface area contributed by atoms with Gasteiger partial charge in [-0.25, -0.2) is 0 Å². The fraction of sp³-hybridized carbons (Fsp3) is 0.235. The molecule has 0 saturated heterocycles. The van der Waals surface area contributed by atoms with Crippen molar-refractivity contribution in [1.82, 2.24) is 5.32 Å². The molecule has 0 heterocycles. The van der Waals surface area contributed by atoms with Crippen molar-refractivity contribution in [2.45, 2.75) is 26.4 Å². The second-order valence-corrected chi connectivity index (χ2v) is 5.42. The molecule has 0 unspecified atom stereocenters. The lowest BCUT2D eigenvalue weighted by Gasteiger charge is -2.12. The highest BCUT2D eigenvalue weighted by Gasteiger charge is 2.08. The van der Waals surface area contributed by atoms with Gasteiger partial charge in [0.25, 0.3) is 0 Å². The van der Waals surface area contributed by atoms with Crippen molar-refractivity contribution in [3.05, 3.63) is 58.6 Å². The molecule has 2 rings (SSSR count). The molecule has 0 atom stereocenters. The summed E-state index contributed by atoms with van der Waals surface area (Å²) in [7, 11) is 0. The molecule has 21 heavy (non-hydrogen) atoms. The topological polar surface area (TPSA) is 45.0 Å². The van der Waals surface area contributed by atoms with E-state index in [0.717, 1.165) is 12.1 Å². The number of para-hydroxylation sites is 1. The van der Waals surface area contributed by atoms with Crippen molar-refractivity contribution >= 4 is 11.6 Å². The summed E-state index contributed by atoms with van der Waals surface area (Å²) in [6, 6.07) is 15.4. The molecule has 4 heteroatoms. The molecule has 2 aromatic rings. The Labute approximate surface area is 130 Å². The van der Waals surface area contributed by atoms with Crippen LogP contribution < -0.4 is 10.1 Å². The first-order valence-electron chi connectivity index (χ1n) is 6.79. The first-order chi connectivity index (χ1) is 10.1. The van der Waals surface area contributed by atoms with E-state index in [2.05, 4.69) is 25.2 Å². The third kappa shape index (κ3) is 4.22. The van der Waals surface area contributed by atoms with E-state index >= 15 is 0 Å². The van der Waals surface area contributed by atoms with Gasteiger partial charge in [-0.1, -0.05) is 43.6 Å². The van der Waals surface area contributed by atoms with Crippen molar-refractivity contribution in [3.8, 4) is 17.6 Å². The van der Waals surface area contributed by atoms with E-state index < -0.39 is 0 Å². The molecule has 3 nitrogen and oxygen atoms in total. The number of ether oxygens (including phenoxy) is 1. The smallest absolute Gasteiger partial charge is 0.146 e. The number of hydrogen-bond donors (Lipinski definition) is 1. The Hall–Kier alpha value is -2.02. The normalized spacial score (nSPS) is 10.4. The zero-order valence-electron chi connectivity index (χ0n) is 12.1. The minimum atomic E-state index is 0.398. The van der Waals surface area contributed by atoms with Gasteiger partial charge < -0.3 is 10.1 Å². The summed E-state index contributed by atoms with van der Waals surface area (Å²) in [4.78, 5) is 0. The van der Waals surface area contributed by atoms with Crippen LogP contribution in [0.4, 0.5) is 0 Å². The van der Waals surface area contributed by atoms with E-state index in [1.165, 1.54) is 0 Å². The number of rotatable bonds is 5. The zero-order valence-corrected chi connectivity index (χ0v) is 12.8. The zero-order chi connectivity index (χ0) is 15.2. The number of hydrogen-bond acceptors (Lipinski definition) is 3. The van der Waals surface area contributed by atoms with E-state index in [1.54, 1.807) is 18.2 Å². The SMILES string of the molecule is CC(C)NCc1ccc(Oc2ccccc2Cl)c(C#N)c1. The lowest BCUT2D eigenvalue weighted by Crippen LogP contribution is -2.21. The van der Waals surface area contributed by atoms with Gasteiger partial charge in [-0.2, -0.15) is 5.26 Å². The van der Waals surface area contributed by atoms with Gasteiger partial charge >= 0.3 is 0 Å². The number of nitrogens with zero attached hydrogens (tertiary/aromatic N) is 1. The predicted molar refractivity (Wildman–Crippen MR) is 84.7 cm³/mol. The third-order valence-electron chi connectivity index (χ3n) is 2.94. The van der Waals surface area contributed by atoms with E-state index in [1.807, 2.05) is 24.3 Å². The summed E-state index contributed by atoms with van der Waals surface area (Å²) >= 11 is 6.07. The predicted octanol–water partition coefficient (Wildman–Crippen LogP) is 4.50. The van der Waals surface area contributed by atoms with Gasteiger partial charge in [0.15, 0.2) is 0 Å². The summed E-state index contributed by atoms with van der Waals surface area (Å²) in [5, 5.41) is 13.1. The van der Waals surface area contributed by atoms with Crippen LogP contribution in [-0.2, 0) is 6.54 Å². The van der Waals surface area contributed by atoms with Crippen molar-refractivity contribution in [2.75, 3.05) is 0 Å². The molecular weight excluding hydrogens is 284 g/mol. The number of nitriles is 1. The number of benzene rings is 2. The minimum absolute atomic E-state index is 0.398. The molecule has 0 bridgehead atoms. The van der Waals surface area contributed by atoms with Crippen molar-refractivity contribution in [1.29, 1.82) is 5.26 Å². The first kappa shape index (κ1) is 15.4. The molecule has 0 fully saturated rings. The lowest BCUT2D eigenvalue weighted by molar-refractivity contribution is 0.481. The van der Waals surface area contributed by atoms with Crippen LogP contribution in [0.1, 0.15) is 25.0 Å². The van der Waals surface area contributed by atoms with Crippen LogP contribution in [0.2, 0.25) is 5.02 Å². The molecule has 0 spiro atoms. The van der Waals surface area contributed by atoms with Gasteiger partial charge in [-0.05, 0) is 29.8 Å². The van der Waals surface area contributed by atoms with Gasteiger partial charge in [-0.3, -0.25) is 0 Å². The highest BCUT2D eigenvalue weighted by atomic mass is 35.5. The van der Waals surface area contributed by atoms with Crippen LogP contribution in [0.15, 0.2) is 42.5 Å². The Morgan fingerprint density at radius 2 is 1.95 bits per heavy atom. The summed E-state index contributed by atoms with van der Waals surface area (Å²) in [5.41, 5.74) is 1.55. The van der Waals surface area contributed by atoms with Crippen LogP contribution >= 0.6 is 11.6 Å². The second kappa shape index (κ2) is 7.12. The Bertz CT molecular complexity index is 662. The van der Waals surface area contributed by atoms with Crippen LogP contribution in [-0.4, -0.2) is 6.04 Å². The maximum absolute atomic E-state index is 9.28. The third-order valence-corrected chi connectivity index (χ3v) is 3.25. The fourth-order valence-electron chi connectivity index (χ4n) is 1.83. The molecule has 0 aliphatic carbocycles. The molecule has 0 amide bonds. The fourth-order valence-corrected chi connectivity index (χ4v) is 2.01. The van der Waals surface area contributed by atoms with Crippen LogP contribution in [0.25, 0.3) is 0 Å². The second-order valence-electron chi connectivity index (χ2n) is 5.01. The first-order valence-corrected chi connectivity index (χ1v) is 7.16. The molecule has 2 aromatic carbocycles. The van der Waals surface area contributed by atoms with Crippen LogP contribution in [0.5, 0.6) is 11.5 Å². The summed E-state index contributed by atoms with van der Waals surface area (Å²) in [5.74, 6) is 1.06. The molecule has 0 radical (unpaired) electrons. The maximum atomic E-state index is 9.28. The summed E-state index contributed by atoms with van der Waals surface area (Å²) < 4.78 is 5.74. The van der Waals surface area contributed by atoms with E-state index in [-0.39, 0.29) is 0 Å². The van der Waals surface area contributed by atoms with Gasteiger partial charge in [0, 0.05) is 12.6 Å². The van der Waals surface area contributed by atoms with E-state index in [9.17, 15) is 5.26 Å². The molecule has 0 aliphatic rings. The summed E-state index contributed by atoms with van der Waals surface area (Å²) in [6.45, 7) is 4.89. The Kier molecular flexibility index (Phi) is 5.21.